The predicted molar refractivity (Wildman–Crippen MR) is 113 cm³/mol. The molecule has 7 nitrogen and oxygen atoms in total. The van der Waals surface area contributed by atoms with E-state index >= 15 is 0 Å². The van der Waals surface area contributed by atoms with Crippen LogP contribution in [0, 0.1) is 0 Å². The Morgan fingerprint density at radius 2 is 2.00 bits per heavy atom. The zero-order valence-electron chi connectivity index (χ0n) is 15.7. The van der Waals surface area contributed by atoms with Gasteiger partial charge < -0.3 is 14.1 Å². The lowest BCUT2D eigenvalue weighted by molar-refractivity contribution is 0.0697. The summed E-state index contributed by atoms with van der Waals surface area (Å²) >= 11 is 5.93. The molecule has 4 aromatic rings. The standard InChI is InChI=1S/C21H17ClN4O3/c1-12(24-25-21-23-16-5-3-4-6-17(16)26(21)2)18-9-10-19(29-18)13-7-8-15(22)14(11-13)20(27)28/h3-11H,1-2H3,(H,23,25)(H,27,28)/b24-12+. The zero-order chi connectivity index (χ0) is 20.5. The van der Waals surface area contributed by atoms with Gasteiger partial charge in [-0.15, -0.1) is 0 Å². The highest BCUT2D eigenvalue weighted by molar-refractivity contribution is 6.33. The van der Waals surface area contributed by atoms with Crippen molar-refractivity contribution in [1.82, 2.24) is 9.55 Å². The van der Waals surface area contributed by atoms with Crippen molar-refractivity contribution in [3.05, 3.63) is 70.9 Å². The van der Waals surface area contributed by atoms with Crippen molar-refractivity contribution in [3.63, 3.8) is 0 Å². The summed E-state index contributed by atoms with van der Waals surface area (Å²) in [5, 5.41) is 13.8. The molecule has 2 aromatic heterocycles. The molecule has 2 heterocycles. The molecular weight excluding hydrogens is 392 g/mol. The second kappa shape index (κ2) is 7.44. The van der Waals surface area contributed by atoms with E-state index < -0.39 is 5.97 Å². The van der Waals surface area contributed by atoms with Gasteiger partial charge in [-0.2, -0.15) is 5.10 Å². The van der Waals surface area contributed by atoms with Crippen LogP contribution in [0.1, 0.15) is 23.0 Å². The summed E-state index contributed by atoms with van der Waals surface area (Å²) in [6, 6.07) is 16.1. The predicted octanol–water partition coefficient (Wildman–Crippen LogP) is 5.02. The second-order valence-electron chi connectivity index (χ2n) is 6.46. The van der Waals surface area contributed by atoms with E-state index in [1.807, 2.05) is 42.8 Å². The third-order valence-electron chi connectivity index (χ3n) is 4.55. The maximum absolute atomic E-state index is 11.3. The topological polar surface area (TPSA) is 92.7 Å². The van der Waals surface area contributed by atoms with Crippen LogP contribution in [-0.4, -0.2) is 26.3 Å². The van der Waals surface area contributed by atoms with Gasteiger partial charge in [-0.25, -0.2) is 15.2 Å². The Morgan fingerprint density at radius 3 is 2.76 bits per heavy atom. The number of benzene rings is 2. The van der Waals surface area contributed by atoms with E-state index in [1.54, 1.807) is 18.2 Å². The van der Waals surface area contributed by atoms with Crippen molar-refractivity contribution in [3.8, 4) is 11.3 Å². The number of hydrazone groups is 1. The van der Waals surface area contributed by atoms with Crippen LogP contribution < -0.4 is 5.43 Å². The molecule has 146 valence electrons. The number of carboxylic acids is 1. The summed E-state index contributed by atoms with van der Waals surface area (Å²) in [5.74, 6) is 0.601. The van der Waals surface area contributed by atoms with Gasteiger partial charge in [0.15, 0.2) is 5.76 Å². The lowest BCUT2D eigenvalue weighted by Gasteiger charge is -2.03. The fourth-order valence-electron chi connectivity index (χ4n) is 2.96. The maximum Gasteiger partial charge on any atom is 0.337 e. The number of nitrogens with one attached hydrogen (secondary N) is 1. The minimum atomic E-state index is -1.09. The van der Waals surface area contributed by atoms with E-state index in [2.05, 4.69) is 15.5 Å². The second-order valence-corrected chi connectivity index (χ2v) is 6.86. The van der Waals surface area contributed by atoms with E-state index in [-0.39, 0.29) is 10.6 Å². The van der Waals surface area contributed by atoms with Crippen molar-refractivity contribution < 1.29 is 14.3 Å². The van der Waals surface area contributed by atoms with Crippen LogP contribution in [0.5, 0.6) is 0 Å². The lowest BCUT2D eigenvalue weighted by atomic mass is 10.1. The van der Waals surface area contributed by atoms with E-state index in [0.717, 1.165) is 11.0 Å². The number of para-hydroxylation sites is 2. The summed E-state index contributed by atoms with van der Waals surface area (Å²) in [5.41, 5.74) is 6.11. The SMILES string of the molecule is C/C(=N\Nc1nc2ccccc2n1C)c1ccc(-c2ccc(Cl)c(C(=O)O)c2)o1. The van der Waals surface area contributed by atoms with Gasteiger partial charge in [-0.1, -0.05) is 23.7 Å². The Kier molecular flexibility index (Phi) is 4.82. The molecule has 0 saturated heterocycles. The molecule has 0 unspecified atom stereocenters. The Bertz CT molecular complexity index is 1260. The minimum Gasteiger partial charge on any atom is -0.478 e. The van der Waals surface area contributed by atoms with Crippen LogP contribution in [0.2, 0.25) is 5.02 Å². The average Bonchev–Trinajstić information content (AvgIpc) is 3.32. The fourth-order valence-corrected chi connectivity index (χ4v) is 3.16. The number of furan rings is 1. The Hall–Kier alpha value is -3.58. The van der Waals surface area contributed by atoms with Crippen molar-refractivity contribution in [2.75, 3.05) is 5.43 Å². The molecule has 2 N–H and O–H groups in total. The largest absolute Gasteiger partial charge is 0.478 e. The highest BCUT2D eigenvalue weighted by Gasteiger charge is 2.13. The molecule has 0 aliphatic rings. The lowest BCUT2D eigenvalue weighted by Crippen LogP contribution is -2.02. The van der Waals surface area contributed by atoms with Gasteiger partial charge in [-0.05, 0) is 49.4 Å². The van der Waals surface area contributed by atoms with E-state index in [9.17, 15) is 9.90 Å². The van der Waals surface area contributed by atoms with Gasteiger partial charge in [0.2, 0.25) is 5.95 Å². The number of rotatable bonds is 5. The number of carbonyl (C=O) groups is 1. The number of hydrogen-bond donors (Lipinski definition) is 2. The third kappa shape index (κ3) is 3.60. The van der Waals surface area contributed by atoms with E-state index in [4.69, 9.17) is 16.0 Å². The number of imidazole rings is 1. The summed E-state index contributed by atoms with van der Waals surface area (Å²) in [7, 11) is 1.91. The van der Waals surface area contributed by atoms with Gasteiger partial charge in [0.05, 0.1) is 21.6 Å². The molecule has 29 heavy (non-hydrogen) atoms. The van der Waals surface area contributed by atoms with Gasteiger partial charge in [-0.3, -0.25) is 0 Å². The van der Waals surface area contributed by atoms with Gasteiger partial charge in [0, 0.05) is 12.6 Å². The molecule has 0 aliphatic heterocycles. The van der Waals surface area contributed by atoms with E-state index in [0.29, 0.717) is 28.7 Å². The molecule has 0 radical (unpaired) electrons. The van der Waals surface area contributed by atoms with Gasteiger partial charge >= 0.3 is 5.97 Å². The molecule has 4 rings (SSSR count). The number of hydrogen-bond acceptors (Lipinski definition) is 5. The van der Waals surface area contributed by atoms with Crippen LogP contribution in [-0.2, 0) is 7.05 Å². The number of carboxylic acid groups (broad SMARTS) is 1. The Morgan fingerprint density at radius 1 is 1.21 bits per heavy atom. The summed E-state index contributed by atoms with van der Waals surface area (Å²) in [6.07, 6.45) is 0. The molecule has 8 heteroatoms. The average molecular weight is 409 g/mol. The van der Waals surface area contributed by atoms with Crippen LogP contribution >= 0.6 is 11.6 Å². The third-order valence-corrected chi connectivity index (χ3v) is 4.88. The quantitative estimate of drug-likeness (QED) is 0.357. The number of halogens is 1. The molecule has 0 saturated carbocycles. The highest BCUT2D eigenvalue weighted by atomic mass is 35.5. The first-order valence-electron chi connectivity index (χ1n) is 8.79. The molecule has 2 aromatic carbocycles. The molecular formula is C21H17ClN4O3. The Balaban J connectivity index is 1.58. The number of nitrogens with zero attached hydrogens (tertiary/aromatic N) is 3. The van der Waals surface area contributed by atoms with Crippen LogP contribution in [0.25, 0.3) is 22.4 Å². The van der Waals surface area contributed by atoms with Gasteiger partial charge in [0.1, 0.15) is 11.5 Å². The fraction of sp³-hybridized carbons (Fsp3) is 0.0952. The molecule has 0 bridgehead atoms. The van der Waals surface area contributed by atoms with E-state index in [1.165, 1.54) is 12.1 Å². The molecule has 0 amide bonds. The summed E-state index contributed by atoms with van der Waals surface area (Å²) < 4.78 is 7.77. The van der Waals surface area contributed by atoms with Crippen LogP contribution in [0.15, 0.2) is 64.1 Å². The minimum absolute atomic E-state index is 0.0241. The molecule has 0 fully saturated rings. The van der Waals surface area contributed by atoms with Crippen LogP contribution in [0.3, 0.4) is 0 Å². The zero-order valence-corrected chi connectivity index (χ0v) is 16.4. The van der Waals surface area contributed by atoms with Gasteiger partial charge in [0.25, 0.3) is 0 Å². The van der Waals surface area contributed by atoms with Crippen LogP contribution in [0.4, 0.5) is 5.95 Å². The summed E-state index contributed by atoms with van der Waals surface area (Å²) in [4.78, 5) is 15.8. The molecule has 0 aliphatic carbocycles. The molecule has 0 atom stereocenters. The van der Waals surface area contributed by atoms with Crippen molar-refractivity contribution in [1.29, 1.82) is 0 Å². The Labute approximate surface area is 171 Å². The highest BCUT2D eigenvalue weighted by Crippen LogP contribution is 2.27. The molecule has 0 spiro atoms. The first-order valence-corrected chi connectivity index (χ1v) is 9.17. The number of aryl methyl sites for hydroxylation is 1. The first-order chi connectivity index (χ1) is 13.9. The first kappa shape index (κ1) is 18.8. The normalized spacial score (nSPS) is 11.8. The number of aromatic nitrogens is 2. The van der Waals surface area contributed by atoms with Crippen molar-refractivity contribution in [2.24, 2.45) is 12.1 Å². The summed E-state index contributed by atoms with van der Waals surface area (Å²) in [6.45, 7) is 1.81. The smallest absolute Gasteiger partial charge is 0.337 e. The van der Waals surface area contributed by atoms with Crippen molar-refractivity contribution >= 4 is 40.3 Å². The number of anilines is 1. The maximum atomic E-state index is 11.3. The number of aromatic carboxylic acids is 1. The number of fused-ring (bicyclic) bond motifs is 1. The monoisotopic (exact) mass is 408 g/mol. The van der Waals surface area contributed by atoms with Crippen molar-refractivity contribution in [2.45, 2.75) is 6.92 Å².